The normalized spacial score (nSPS) is 12.2. The molecule has 1 unspecified atom stereocenters. The van der Waals surface area contributed by atoms with Gasteiger partial charge < -0.3 is 10.1 Å². The van der Waals surface area contributed by atoms with Gasteiger partial charge in [-0.15, -0.1) is 0 Å². The summed E-state index contributed by atoms with van der Waals surface area (Å²) in [6.07, 6.45) is 0. The molecule has 2 rings (SSSR count). The summed E-state index contributed by atoms with van der Waals surface area (Å²) in [6, 6.07) is 12.4. The summed E-state index contributed by atoms with van der Waals surface area (Å²) in [4.78, 5) is 0. The van der Waals surface area contributed by atoms with Crippen LogP contribution in [0.2, 0.25) is 0 Å². The molecule has 0 radical (unpaired) electrons. The molecule has 0 aliphatic heterocycles. The van der Waals surface area contributed by atoms with Crippen LogP contribution in [-0.2, 0) is 0 Å². The van der Waals surface area contributed by atoms with Crippen molar-refractivity contribution in [3.8, 4) is 11.5 Å². The van der Waals surface area contributed by atoms with Crippen molar-refractivity contribution in [3.63, 3.8) is 0 Å². The SMILES string of the molecule is CCNC(C)c1cc(F)ccc1Oc1ccc(I)cc1. The summed E-state index contributed by atoms with van der Waals surface area (Å²) in [6.45, 7) is 4.84. The minimum Gasteiger partial charge on any atom is -0.457 e. The van der Waals surface area contributed by atoms with Gasteiger partial charge in [-0.3, -0.25) is 0 Å². The summed E-state index contributed by atoms with van der Waals surface area (Å²) in [7, 11) is 0. The summed E-state index contributed by atoms with van der Waals surface area (Å²) < 4.78 is 20.5. The first-order valence-electron chi connectivity index (χ1n) is 6.56. The Morgan fingerprint density at radius 2 is 1.90 bits per heavy atom. The second kappa shape index (κ2) is 7.04. The van der Waals surface area contributed by atoms with E-state index in [1.807, 2.05) is 38.1 Å². The van der Waals surface area contributed by atoms with Crippen molar-refractivity contribution in [1.29, 1.82) is 0 Å². The zero-order chi connectivity index (χ0) is 14.5. The number of hydrogen-bond acceptors (Lipinski definition) is 2. The highest BCUT2D eigenvalue weighted by Gasteiger charge is 2.13. The zero-order valence-corrected chi connectivity index (χ0v) is 13.6. The largest absolute Gasteiger partial charge is 0.457 e. The molecule has 0 saturated carbocycles. The Morgan fingerprint density at radius 3 is 2.55 bits per heavy atom. The van der Waals surface area contributed by atoms with Crippen LogP contribution >= 0.6 is 22.6 Å². The third-order valence-electron chi connectivity index (χ3n) is 2.99. The van der Waals surface area contributed by atoms with Gasteiger partial charge in [0.15, 0.2) is 0 Å². The van der Waals surface area contributed by atoms with Gasteiger partial charge >= 0.3 is 0 Å². The third-order valence-corrected chi connectivity index (χ3v) is 3.71. The number of nitrogens with one attached hydrogen (secondary N) is 1. The lowest BCUT2D eigenvalue weighted by Gasteiger charge is -2.17. The van der Waals surface area contributed by atoms with Crippen LogP contribution in [0.1, 0.15) is 25.5 Å². The van der Waals surface area contributed by atoms with E-state index in [0.29, 0.717) is 5.75 Å². The third kappa shape index (κ3) is 3.93. The van der Waals surface area contributed by atoms with Crippen LogP contribution in [0.5, 0.6) is 11.5 Å². The topological polar surface area (TPSA) is 21.3 Å². The molecule has 0 aliphatic rings. The molecule has 0 aromatic heterocycles. The molecule has 20 heavy (non-hydrogen) atoms. The highest BCUT2D eigenvalue weighted by atomic mass is 127. The van der Waals surface area contributed by atoms with Gasteiger partial charge in [0.2, 0.25) is 0 Å². The average molecular weight is 385 g/mol. The fourth-order valence-corrected chi connectivity index (χ4v) is 2.36. The number of halogens is 2. The van der Waals surface area contributed by atoms with Crippen LogP contribution in [0.25, 0.3) is 0 Å². The van der Waals surface area contributed by atoms with Crippen molar-refractivity contribution in [1.82, 2.24) is 5.32 Å². The van der Waals surface area contributed by atoms with Gasteiger partial charge in [0.1, 0.15) is 17.3 Å². The molecular formula is C16H17FINO. The van der Waals surface area contributed by atoms with Crippen LogP contribution in [0.15, 0.2) is 42.5 Å². The van der Waals surface area contributed by atoms with E-state index in [4.69, 9.17) is 4.74 Å². The van der Waals surface area contributed by atoms with E-state index in [-0.39, 0.29) is 11.9 Å². The van der Waals surface area contributed by atoms with Gasteiger partial charge in [-0.2, -0.15) is 0 Å². The van der Waals surface area contributed by atoms with Crippen molar-refractivity contribution >= 4 is 22.6 Å². The fourth-order valence-electron chi connectivity index (χ4n) is 2.00. The Labute approximate surface area is 132 Å². The summed E-state index contributed by atoms with van der Waals surface area (Å²) in [5.74, 6) is 1.18. The van der Waals surface area contributed by atoms with Crippen molar-refractivity contribution in [2.45, 2.75) is 19.9 Å². The number of rotatable bonds is 5. The van der Waals surface area contributed by atoms with Crippen molar-refractivity contribution in [3.05, 3.63) is 57.4 Å². The van der Waals surface area contributed by atoms with E-state index in [0.717, 1.165) is 21.4 Å². The van der Waals surface area contributed by atoms with E-state index in [1.165, 1.54) is 12.1 Å². The Bertz CT molecular complexity index is 571. The molecule has 0 fully saturated rings. The van der Waals surface area contributed by atoms with Crippen LogP contribution in [0.4, 0.5) is 4.39 Å². The van der Waals surface area contributed by atoms with Crippen LogP contribution in [-0.4, -0.2) is 6.54 Å². The second-order valence-corrected chi connectivity index (χ2v) is 5.76. The maximum atomic E-state index is 13.5. The molecule has 2 nitrogen and oxygen atoms in total. The van der Waals surface area contributed by atoms with E-state index in [9.17, 15) is 4.39 Å². The fraction of sp³-hybridized carbons (Fsp3) is 0.250. The quantitative estimate of drug-likeness (QED) is 0.740. The van der Waals surface area contributed by atoms with Crippen molar-refractivity contribution in [2.75, 3.05) is 6.54 Å². The number of benzene rings is 2. The van der Waals surface area contributed by atoms with E-state index < -0.39 is 0 Å². The van der Waals surface area contributed by atoms with Gasteiger partial charge in [-0.1, -0.05) is 6.92 Å². The lowest BCUT2D eigenvalue weighted by molar-refractivity contribution is 0.459. The maximum absolute atomic E-state index is 13.5. The molecule has 4 heteroatoms. The second-order valence-electron chi connectivity index (χ2n) is 4.52. The minimum atomic E-state index is -0.250. The Kier molecular flexibility index (Phi) is 5.37. The zero-order valence-electron chi connectivity index (χ0n) is 11.5. The van der Waals surface area contributed by atoms with Gasteiger partial charge in [-0.25, -0.2) is 4.39 Å². The van der Waals surface area contributed by atoms with E-state index in [2.05, 4.69) is 27.9 Å². The predicted molar refractivity (Wildman–Crippen MR) is 87.7 cm³/mol. The summed E-state index contributed by atoms with van der Waals surface area (Å²) in [5.41, 5.74) is 0.824. The van der Waals surface area contributed by atoms with Gasteiger partial charge in [-0.05, 0) is 78.5 Å². The Morgan fingerprint density at radius 1 is 1.20 bits per heavy atom. The molecule has 0 amide bonds. The average Bonchev–Trinajstić information content (AvgIpc) is 2.43. The molecule has 0 bridgehead atoms. The van der Waals surface area contributed by atoms with Crippen LogP contribution < -0.4 is 10.1 Å². The maximum Gasteiger partial charge on any atom is 0.132 e. The molecule has 0 aliphatic carbocycles. The van der Waals surface area contributed by atoms with Gasteiger partial charge in [0.25, 0.3) is 0 Å². The molecule has 2 aromatic rings. The minimum absolute atomic E-state index is 0.0366. The predicted octanol–water partition coefficient (Wildman–Crippen LogP) is 4.89. The molecule has 1 N–H and O–H groups in total. The van der Waals surface area contributed by atoms with Crippen molar-refractivity contribution < 1.29 is 9.13 Å². The molecule has 1 atom stereocenters. The van der Waals surface area contributed by atoms with Crippen LogP contribution in [0, 0.1) is 9.39 Å². The molecule has 0 saturated heterocycles. The number of hydrogen-bond donors (Lipinski definition) is 1. The highest BCUT2D eigenvalue weighted by Crippen LogP contribution is 2.30. The lowest BCUT2D eigenvalue weighted by atomic mass is 10.1. The van der Waals surface area contributed by atoms with E-state index in [1.54, 1.807) is 6.07 Å². The molecule has 2 aromatic carbocycles. The molecule has 0 spiro atoms. The monoisotopic (exact) mass is 385 g/mol. The number of ether oxygens (including phenoxy) is 1. The molecule has 0 heterocycles. The standard InChI is InChI=1S/C16H17FINO/c1-3-19-11(2)15-10-12(17)4-9-16(15)20-14-7-5-13(18)6-8-14/h4-11,19H,3H2,1-2H3. The molecular weight excluding hydrogens is 368 g/mol. The highest BCUT2D eigenvalue weighted by molar-refractivity contribution is 14.1. The van der Waals surface area contributed by atoms with Crippen molar-refractivity contribution in [2.24, 2.45) is 0 Å². The van der Waals surface area contributed by atoms with E-state index >= 15 is 0 Å². The Hall–Kier alpha value is -1.14. The molecule has 106 valence electrons. The first-order valence-corrected chi connectivity index (χ1v) is 7.64. The lowest BCUT2D eigenvalue weighted by Crippen LogP contribution is -2.18. The first kappa shape index (κ1) is 15.3. The van der Waals surface area contributed by atoms with Crippen LogP contribution in [0.3, 0.4) is 0 Å². The smallest absolute Gasteiger partial charge is 0.132 e. The van der Waals surface area contributed by atoms with Gasteiger partial charge in [0, 0.05) is 15.2 Å². The summed E-state index contributed by atoms with van der Waals surface area (Å²) in [5, 5.41) is 3.28. The Balaban J connectivity index is 2.28. The summed E-state index contributed by atoms with van der Waals surface area (Å²) >= 11 is 2.24. The van der Waals surface area contributed by atoms with Gasteiger partial charge in [0.05, 0.1) is 0 Å². The first-order chi connectivity index (χ1) is 9.60.